The summed E-state index contributed by atoms with van der Waals surface area (Å²) in [7, 11) is 0. The van der Waals surface area contributed by atoms with Gasteiger partial charge in [-0.15, -0.1) is 0 Å². The number of carboxylic acid groups (broad SMARTS) is 1. The minimum absolute atomic E-state index is 0.244. The van der Waals surface area contributed by atoms with Crippen molar-refractivity contribution in [2.45, 2.75) is 19.8 Å². The van der Waals surface area contributed by atoms with Crippen LogP contribution in [0.4, 0.5) is 0 Å². The maximum atomic E-state index is 10.5. The van der Waals surface area contributed by atoms with Gasteiger partial charge in [0.2, 0.25) is 0 Å². The Kier molecular flexibility index (Phi) is 4.58. The summed E-state index contributed by atoms with van der Waals surface area (Å²) in [5, 5.41) is 8.65. The van der Waals surface area contributed by atoms with Gasteiger partial charge in [-0.25, -0.2) is 4.79 Å². The van der Waals surface area contributed by atoms with E-state index in [4.69, 9.17) is 9.84 Å². The van der Waals surface area contributed by atoms with Crippen LogP contribution in [0.2, 0.25) is 0 Å². The van der Waals surface area contributed by atoms with Crippen LogP contribution in [-0.4, -0.2) is 17.7 Å². The lowest BCUT2D eigenvalue weighted by Crippen LogP contribution is -2.00. The number of carbonyl (C=O) groups is 1. The van der Waals surface area contributed by atoms with Gasteiger partial charge in [-0.05, 0) is 37.5 Å². The lowest BCUT2D eigenvalue weighted by molar-refractivity contribution is -0.132. The van der Waals surface area contributed by atoms with Crippen molar-refractivity contribution in [3.63, 3.8) is 0 Å². The number of carboxylic acids is 1. The summed E-state index contributed by atoms with van der Waals surface area (Å²) < 4.78 is 5.31. The first-order valence-electron chi connectivity index (χ1n) is 5.26. The van der Waals surface area contributed by atoms with Crippen LogP contribution in [0.15, 0.2) is 36.4 Å². The Morgan fingerprint density at radius 1 is 1.38 bits per heavy atom. The monoisotopic (exact) mass is 220 g/mol. The van der Waals surface area contributed by atoms with Gasteiger partial charge in [0, 0.05) is 5.57 Å². The Morgan fingerprint density at radius 3 is 2.50 bits per heavy atom. The van der Waals surface area contributed by atoms with Crippen molar-refractivity contribution in [3.8, 4) is 5.75 Å². The fourth-order valence-electron chi connectivity index (χ4n) is 1.32. The van der Waals surface area contributed by atoms with Crippen LogP contribution >= 0.6 is 0 Å². The zero-order valence-corrected chi connectivity index (χ0v) is 9.40. The number of hydrogen-bond acceptors (Lipinski definition) is 2. The van der Waals surface area contributed by atoms with Crippen molar-refractivity contribution in [3.05, 3.63) is 42.0 Å². The second kappa shape index (κ2) is 5.95. The van der Waals surface area contributed by atoms with E-state index < -0.39 is 5.97 Å². The highest BCUT2D eigenvalue weighted by Crippen LogP contribution is 2.14. The molecule has 0 fully saturated rings. The van der Waals surface area contributed by atoms with Gasteiger partial charge in [0.05, 0.1) is 6.61 Å². The van der Waals surface area contributed by atoms with Crippen LogP contribution in [-0.2, 0) is 11.2 Å². The molecule has 0 amide bonds. The molecule has 0 saturated heterocycles. The van der Waals surface area contributed by atoms with Crippen LogP contribution < -0.4 is 4.74 Å². The summed E-state index contributed by atoms with van der Waals surface area (Å²) in [4.78, 5) is 10.5. The molecule has 0 saturated carbocycles. The Hall–Kier alpha value is -1.77. The van der Waals surface area contributed by atoms with E-state index in [1.807, 2.05) is 31.2 Å². The van der Waals surface area contributed by atoms with Gasteiger partial charge in [-0.1, -0.05) is 18.7 Å². The van der Waals surface area contributed by atoms with Crippen LogP contribution in [0.3, 0.4) is 0 Å². The zero-order chi connectivity index (χ0) is 12.0. The molecule has 3 heteroatoms. The molecular weight excluding hydrogens is 204 g/mol. The predicted octanol–water partition coefficient (Wildman–Crippen LogP) is 2.66. The van der Waals surface area contributed by atoms with E-state index in [2.05, 4.69) is 6.58 Å². The van der Waals surface area contributed by atoms with E-state index in [0.717, 1.165) is 11.3 Å². The van der Waals surface area contributed by atoms with E-state index in [1.54, 1.807) is 0 Å². The predicted molar refractivity (Wildman–Crippen MR) is 62.7 cm³/mol. The molecular formula is C13H16O3. The summed E-state index contributed by atoms with van der Waals surface area (Å²) in [5.74, 6) is -0.0887. The number of benzene rings is 1. The standard InChI is InChI=1S/C13H16O3/c1-3-16-12-8-6-11(7-9-12)5-4-10(2)13(14)15/h6-9H,2-5H2,1H3,(H,14,15). The highest BCUT2D eigenvalue weighted by atomic mass is 16.5. The number of aryl methyl sites for hydroxylation is 1. The Balaban J connectivity index is 2.49. The van der Waals surface area contributed by atoms with Gasteiger partial charge in [-0.2, -0.15) is 0 Å². The largest absolute Gasteiger partial charge is 0.494 e. The van der Waals surface area contributed by atoms with Crippen molar-refractivity contribution in [1.82, 2.24) is 0 Å². The van der Waals surface area contributed by atoms with Gasteiger partial charge in [0.25, 0.3) is 0 Å². The number of aliphatic carboxylic acids is 1. The third-order valence-electron chi connectivity index (χ3n) is 2.25. The quantitative estimate of drug-likeness (QED) is 0.750. The summed E-state index contributed by atoms with van der Waals surface area (Å²) in [6.45, 7) is 6.08. The number of rotatable bonds is 6. The van der Waals surface area contributed by atoms with Crippen LogP contribution in [0, 0.1) is 0 Å². The van der Waals surface area contributed by atoms with Crippen molar-refractivity contribution in [1.29, 1.82) is 0 Å². The Labute approximate surface area is 95.4 Å². The first-order valence-corrected chi connectivity index (χ1v) is 5.26. The molecule has 1 N–H and O–H groups in total. The second-order valence-electron chi connectivity index (χ2n) is 3.49. The van der Waals surface area contributed by atoms with Crippen LogP contribution in [0.5, 0.6) is 5.75 Å². The highest BCUT2D eigenvalue weighted by molar-refractivity contribution is 5.85. The average Bonchev–Trinajstić information content (AvgIpc) is 2.28. The molecule has 1 rings (SSSR count). The third-order valence-corrected chi connectivity index (χ3v) is 2.25. The van der Waals surface area contributed by atoms with Gasteiger partial charge >= 0.3 is 5.97 Å². The smallest absolute Gasteiger partial charge is 0.330 e. The van der Waals surface area contributed by atoms with Gasteiger partial charge in [0.15, 0.2) is 0 Å². The third kappa shape index (κ3) is 3.77. The van der Waals surface area contributed by atoms with Crippen molar-refractivity contribution in [2.24, 2.45) is 0 Å². The van der Waals surface area contributed by atoms with Crippen LogP contribution in [0.25, 0.3) is 0 Å². The average molecular weight is 220 g/mol. The highest BCUT2D eigenvalue weighted by Gasteiger charge is 2.04. The van der Waals surface area contributed by atoms with E-state index in [9.17, 15) is 4.79 Å². The minimum atomic E-state index is -0.925. The summed E-state index contributed by atoms with van der Waals surface area (Å²) in [6.07, 6.45) is 1.17. The molecule has 0 atom stereocenters. The van der Waals surface area contributed by atoms with Gasteiger partial charge in [0.1, 0.15) is 5.75 Å². The lowest BCUT2D eigenvalue weighted by Gasteiger charge is -2.05. The van der Waals surface area contributed by atoms with E-state index in [-0.39, 0.29) is 5.57 Å². The molecule has 0 unspecified atom stereocenters. The van der Waals surface area contributed by atoms with E-state index in [0.29, 0.717) is 19.4 Å². The van der Waals surface area contributed by atoms with Gasteiger partial charge < -0.3 is 9.84 Å². The first-order chi connectivity index (χ1) is 7.63. The van der Waals surface area contributed by atoms with E-state index in [1.165, 1.54) is 0 Å². The molecule has 0 spiro atoms. The topological polar surface area (TPSA) is 46.5 Å². The number of ether oxygens (including phenoxy) is 1. The molecule has 1 aromatic carbocycles. The summed E-state index contributed by atoms with van der Waals surface area (Å²) >= 11 is 0. The van der Waals surface area contributed by atoms with Crippen molar-refractivity contribution >= 4 is 5.97 Å². The second-order valence-corrected chi connectivity index (χ2v) is 3.49. The van der Waals surface area contributed by atoms with Crippen molar-refractivity contribution in [2.75, 3.05) is 6.61 Å². The zero-order valence-electron chi connectivity index (χ0n) is 9.40. The Morgan fingerprint density at radius 2 is 2.00 bits per heavy atom. The normalized spacial score (nSPS) is 9.81. The fourth-order valence-corrected chi connectivity index (χ4v) is 1.32. The Bertz CT molecular complexity index is 365. The lowest BCUT2D eigenvalue weighted by atomic mass is 10.1. The minimum Gasteiger partial charge on any atom is -0.494 e. The molecule has 0 aliphatic heterocycles. The molecule has 0 aliphatic carbocycles. The molecule has 3 nitrogen and oxygen atoms in total. The molecule has 16 heavy (non-hydrogen) atoms. The van der Waals surface area contributed by atoms with Crippen molar-refractivity contribution < 1.29 is 14.6 Å². The molecule has 0 aromatic heterocycles. The molecule has 0 radical (unpaired) electrons. The van der Waals surface area contributed by atoms with E-state index >= 15 is 0 Å². The fraction of sp³-hybridized carbons (Fsp3) is 0.308. The maximum absolute atomic E-state index is 10.5. The van der Waals surface area contributed by atoms with Gasteiger partial charge in [-0.3, -0.25) is 0 Å². The maximum Gasteiger partial charge on any atom is 0.330 e. The van der Waals surface area contributed by atoms with Crippen LogP contribution in [0.1, 0.15) is 18.9 Å². The molecule has 0 aliphatic rings. The number of hydrogen-bond donors (Lipinski definition) is 1. The SMILES string of the molecule is C=C(CCc1ccc(OCC)cc1)C(=O)O. The first kappa shape index (κ1) is 12.3. The molecule has 0 heterocycles. The summed E-state index contributed by atoms with van der Waals surface area (Å²) in [6, 6.07) is 7.67. The summed E-state index contributed by atoms with van der Waals surface area (Å²) in [5.41, 5.74) is 1.33. The molecule has 86 valence electrons. The molecule has 1 aromatic rings. The molecule has 0 bridgehead atoms.